The normalized spacial score (nSPS) is 12.9. The van der Waals surface area contributed by atoms with Crippen molar-refractivity contribution < 1.29 is 68.5 Å². The fourth-order valence-corrected chi connectivity index (χ4v) is 3.97. The quantitative estimate of drug-likeness (QED) is 0.0756. The van der Waals surface area contributed by atoms with Crippen molar-refractivity contribution in [3.8, 4) is 0 Å². The molecule has 0 heterocycles. The predicted molar refractivity (Wildman–Crippen MR) is 123 cm³/mol. The molecule has 0 bridgehead atoms. The Bertz CT molecular complexity index is 466. The van der Waals surface area contributed by atoms with Gasteiger partial charge >= 0.3 is 51.4 Å². The number of rotatable bonds is 22. The van der Waals surface area contributed by atoms with Crippen molar-refractivity contribution >= 4 is 10.4 Å². The zero-order valence-electron chi connectivity index (χ0n) is 20.2. The minimum absolute atomic E-state index is 0. The van der Waals surface area contributed by atoms with Crippen LogP contribution in [0.3, 0.4) is 0 Å². The molecule has 0 amide bonds. The van der Waals surface area contributed by atoms with Crippen LogP contribution in [0.1, 0.15) is 129 Å². The summed E-state index contributed by atoms with van der Waals surface area (Å²) < 4.78 is 36.6. The largest absolute Gasteiger partial charge is 1.00 e. The van der Waals surface area contributed by atoms with Crippen LogP contribution in [-0.2, 0) is 14.6 Å². The molecule has 0 aliphatic heterocycles. The van der Waals surface area contributed by atoms with Gasteiger partial charge in [0.25, 0.3) is 0 Å². The topological polar surface area (TPSA) is 66.4 Å². The molecule has 0 N–H and O–H groups in total. The van der Waals surface area contributed by atoms with Gasteiger partial charge in [-0.15, -0.1) is 0 Å². The molecular weight excluding hydrogens is 423 g/mol. The van der Waals surface area contributed by atoms with Crippen molar-refractivity contribution in [2.45, 2.75) is 129 Å². The molecule has 0 aromatic carbocycles. The molecule has 0 aliphatic rings. The molecule has 0 fully saturated rings. The minimum atomic E-state index is -4.60. The van der Waals surface area contributed by atoms with Gasteiger partial charge in [0.2, 0.25) is 10.4 Å². The molecule has 1 unspecified atom stereocenters. The first-order valence-corrected chi connectivity index (χ1v) is 13.6. The van der Waals surface area contributed by atoms with E-state index in [4.69, 9.17) is 0 Å². The summed E-state index contributed by atoms with van der Waals surface area (Å²) in [7, 11) is -4.60. The summed E-state index contributed by atoms with van der Waals surface area (Å²) >= 11 is 0. The molecule has 4 nitrogen and oxygen atoms in total. The Kier molecular flexibility index (Phi) is 27.7. The maximum Gasteiger partial charge on any atom is 1.00 e. The molecular formula is C24H47KO4S. The van der Waals surface area contributed by atoms with E-state index in [1.807, 2.05) is 0 Å². The molecule has 174 valence electrons. The number of allylic oxidation sites excluding steroid dienone is 1. The Morgan fingerprint density at radius 3 is 1.63 bits per heavy atom. The van der Waals surface area contributed by atoms with Crippen molar-refractivity contribution in [1.82, 2.24) is 0 Å². The monoisotopic (exact) mass is 470 g/mol. The Morgan fingerprint density at radius 2 is 1.17 bits per heavy atom. The second kappa shape index (κ2) is 24.9. The Balaban J connectivity index is 0. The number of hydrogen-bond donors (Lipinski definition) is 0. The minimum Gasteiger partial charge on any atom is -0.726 e. The van der Waals surface area contributed by atoms with Gasteiger partial charge in [-0.2, -0.15) is 0 Å². The van der Waals surface area contributed by atoms with Gasteiger partial charge < -0.3 is 4.55 Å². The van der Waals surface area contributed by atoms with Crippen molar-refractivity contribution in [2.75, 3.05) is 6.61 Å². The Hall–Kier alpha value is 1.25. The molecule has 30 heavy (non-hydrogen) atoms. The molecule has 0 radical (unpaired) electrons. The fraction of sp³-hybridized carbons (Fsp3) is 0.917. The van der Waals surface area contributed by atoms with Crippen molar-refractivity contribution in [1.29, 1.82) is 0 Å². The van der Waals surface area contributed by atoms with Crippen LogP contribution in [-0.4, -0.2) is 19.6 Å². The zero-order valence-corrected chi connectivity index (χ0v) is 24.1. The van der Waals surface area contributed by atoms with Crippen molar-refractivity contribution in [3.05, 3.63) is 12.2 Å². The van der Waals surface area contributed by atoms with Gasteiger partial charge in [-0.05, 0) is 19.3 Å². The summed E-state index contributed by atoms with van der Waals surface area (Å²) in [5.41, 5.74) is 0. The van der Waals surface area contributed by atoms with Crippen LogP contribution >= 0.6 is 0 Å². The van der Waals surface area contributed by atoms with E-state index in [9.17, 15) is 13.0 Å². The van der Waals surface area contributed by atoms with E-state index in [0.29, 0.717) is 0 Å². The van der Waals surface area contributed by atoms with Crippen LogP contribution in [0.25, 0.3) is 0 Å². The van der Waals surface area contributed by atoms with E-state index in [2.05, 4.69) is 30.2 Å². The van der Waals surface area contributed by atoms with E-state index in [1.54, 1.807) is 0 Å². The second-order valence-corrected chi connectivity index (χ2v) is 9.46. The van der Waals surface area contributed by atoms with E-state index in [-0.39, 0.29) is 63.9 Å². The molecule has 0 saturated carbocycles. The summed E-state index contributed by atoms with van der Waals surface area (Å²) in [4.78, 5) is 0. The third-order valence-electron chi connectivity index (χ3n) is 5.49. The molecule has 0 aromatic rings. The number of hydrogen-bond acceptors (Lipinski definition) is 4. The molecule has 0 rings (SSSR count). The standard InChI is InChI=1S/C24H48O4S.K/c1-3-5-7-9-10-11-12-13-14-15-16-17-18-20-22-24(21-19-8-6-4-2)23-28-29(25,26)27;/h20,22,24H,3-19,21,23H2,1-2H3,(H,25,26,27);/q;+1/p-1/b22-20+;. The molecule has 0 aliphatic carbocycles. The summed E-state index contributed by atoms with van der Waals surface area (Å²) in [6.45, 7) is 4.41. The summed E-state index contributed by atoms with van der Waals surface area (Å²) in [5.74, 6) is 0.0212. The van der Waals surface area contributed by atoms with Crippen LogP contribution in [0.5, 0.6) is 0 Å². The van der Waals surface area contributed by atoms with Gasteiger partial charge in [0, 0.05) is 5.92 Å². The first-order valence-electron chi connectivity index (χ1n) is 12.3. The van der Waals surface area contributed by atoms with Crippen LogP contribution in [0.15, 0.2) is 12.2 Å². The first kappa shape index (κ1) is 33.4. The van der Waals surface area contributed by atoms with Crippen LogP contribution in [0, 0.1) is 5.92 Å². The molecule has 0 spiro atoms. The summed E-state index contributed by atoms with van der Waals surface area (Å²) in [6.07, 6.45) is 26.8. The average Bonchev–Trinajstić information content (AvgIpc) is 2.68. The van der Waals surface area contributed by atoms with E-state index in [0.717, 1.165) is 25.7 Å². The number of unbranched alkanes of at least 4 members (excludes halogenated alkanes) is 15. The van der Waals surface area contributed by atoms with E-state index < -0.39 is 10.4 Å². The van der Waals surface area contributed by atoms with Crippen molar-refractivity contribution in [3.63, 3.8) is 0 Å². The maximum atomic E-state index is 10.7. The molecule has 6 heteroatoms. The van der Waals surface area contributed by atoms with E-state index >= 15 is 0 Å². The second-order valence-electron chi connectivity index (χ2n) is 8.41. The summed E-state index contributed by atoms with van der Waals surface area (Å²) in [5, 5.41) is 0. The average molecular weight is 471 g/mol. The SMILES string of the molecule is CCCCCCCCCCCCCC/C=C/C(CCCCCC)COS(=O)(=O)[O-].[K+]. The molecule has 0 aromatic heterocycles. The van der Waals surface area contributed by atoms with Gasteiger partial charge in [0.1, 0.15) is 0 Å². The summed E-state index contributed by atoms with van der Waals surface area (Å²) in [6, 6.07) is 0. The van der Waals surface area contributed by atoms with Gasteiger partial charge in [0.05, 0.1) is 6.61 Å². The van der Waals surface area contributed by atoms with Gasteiger partial charge in [-0.1, -0.05) is 122 Å². The smallest absolute Gasteiger partial charge is 0.726 e. The van der Waals surface area contributed by atoms with Gasteiger partial charge in [-0.3, -0.25) is 4.18 Å². The predicted octanol–water partition coefficient (Wildman–Crippen LogP) is 4.70. The Morgan fingerprint density at radius 1 is 0.733 bits per heavy atom. The Labute approximate surface area is 230 Å². The van der Waals surface area contributed by atoms with E-state index in [1.165, 1.54) is 89.9 Å². The molecule has 0 saturated heterocycles. The van der Waals surface area contributed by atoms with Gasteiger partial charge in [-0.25, -0.2) is 8.42 Å². The zero-order chi connectivity index (χ0) is 21.6. The third kappa shape index (κ3) is 27.3. The third-order valence-corrected chi connectivity index (χ3v) is 5.91. The first-order chi connectivity index (χ1) is 14.0. The van der Waals surface area contributed by atoms with Gasteiger partial charge in [0.15, 0.2) is 0 Å². The van der Waals surface area contributed by atoms with Crippen LogP contribution in [0.4, 0.5) is 0 Å². The van der Waals surface area contributed by atoms with Crippen LogP contribution in [0.2, 0.25) is 0 Å². The molecule has 1 atom stereocenters. The van der Waals surface area contributed by atoms with Crippen molar-refractivity contribution in [2.24, 2.45) is 5.92 Å². The fourth-order valence-electron chi connectivity index (χ4n) is 3.63. The van der Waals surface area contributed by atoms with Crippen LogP contribution < -0.4 is 51.4 Å². The maximum absolute atomic E-state index is 10.7.